The zero-order chi connectivity index (χ0) is 13.3. The van der Waals surface area contributed by atoms with E-state index < -0.39 is 0 Å². The molecule has 1 saturated heterocycles. The van der Waals surface area contributed by atoms with Crippen LogP contribution in [-0.2, 0) is 0 Å². The van der Waals surface area contributed by atoms with E-state index in [0.29, 0.717) is 12.0 Å². The summed E-state index contributed by atoms with van der Waals surface area (Å²) in [7, 11) is 2.05. The van der Waals surface area contributed by atoms with E-state index in [-0.39, 0.29) is 0 Å². The van der Waals surface area contributed by atoms with Gasteiger partial charge in [0, 0.05) is 28.6 Å². The van der Waals surface area contributed by atoms with E-state index in [9.17, 15) is 0 Å². The van der Waals surface area contributed by atoms with Crippen molar-refractivity contribution in [2.45, 2.75) is 26.3 Å². The van der Waals surface area contributed by atoms with Crippen LogP contribution in [0.1, 0.15) is 18.9 Å². The predicted octanol–water partition coefficient (Wildman–Crippen LogP) is 3.85. The molecule has 2 rings (SSSR count). The third-order valence-electron chi connectivity index (χ3n) is 3.84. The Morgan fingerprint density at radius 2 is 2.17 bits per heavy atom. The van der Waals surface area contributed by atoms with Gasteiger partial charge in [-0.3, -0.25) is 0 Å². The lowest BCUT2D eigenvalue weighted by Crippen LogP contribution is -2.47. The van der Waals surface area contributed by atoms with E-state index in [4.69, 9.17) is 11.6 Å². The van der Waals surface area contributed by atoms with Crippen LogP contribution in [0.2, 0.25) is 5.02 Å². The Balaban J connectivity index is 2.20. The molecule has 2 unspecified atom stereocenters. The molecule has 1 aromatic rings. The maximum absolute atomic E-state index is 6.24. The monoisotopic (exact) mass is 330 g/mol. The largest absolute Gasteiger partial charge is 0.370 e. The first-order chi connectivity index (χ1) is 8.52. The lowest BCUT2D eigenvalue weighted by atomic mass is 9.93. The van der Waals surface area contributed by atoms with Gasteiger partial charge in [0.1, 0.15) is 0 Å². The SMILES string of the molecule is CNC1CCN(c2cc(Cl)c(C)cc2Br)CC1C. The molecule has 0 bridgehead atoms. The fourth-order valence-electron chi connectivity index (χ4n) is 2.67. The van der Waals surface area contributed by atoms with Gasteiger partial charge in [0.15, 0.2) is 0 Å². The summed E-state index contributed by atoms with van der Waals surface area (Å²) < 4.78 is 1.14. The van der Waals surface area contributed by atoms with E-state index in [1.807, 2.05) is 6.92 Å². The van der Waals surface area contributed by atoms with E-state index >= 15 is 0 Å². The number of benzene rings is 1. The highest BCUT2D eigenvalue weighted by atomic mass is 79.9. The molecule has 0 radical (unpaired) electrons. The number of hydrogen-bond donors (Lipinski definition) is 1. The molecular formula is C14H20BrClN2. The average Bonchev–Trinajstić information content (AvgIpc) is 2.33. The minimum Gasteiger partial charge on any atom is -0.370 e. The fourth-order valence-corrected chi connectivity index (χ4v) is 3.54. The highest BCUT2D eigenvalue weighted by molar-refractivity contribution is 9.10. The Morgan fingerprint density at radius 3 is 2.78 bits per heavy atom. The number of halogens is 2. The van der Waals surface area contributed by atoms with E-state index in [1.165, 1.54) is 12.1 Å². The molecule has 2 atom stereocenters. The molecule has 2 nitrogen and oxygen atoms in total. The van der Waals surface area contributed by atoms with Crippen molar-refractivity contribution in [2.75, 3.05) is 25.0 Å². The van der Waals surface area contributed by atoms with Gasteiger partial charge in [-0.2, -0.15) is 0 Å². The second-order valence-corrected chi connectivity index (χ2v) is 6.42. The lowest BCUT2D eigenvalue weighted by molar-refractivity contribution is 0.339. The molecule has 18 heavy (non-hydrogen) atoms. The molecule has 1 aliphatic heterocycles. The van der Waals surface area contributed by atoms with Crippen molar-refractivity contribution in [1.82, 2.24) is 5.32 Å². The summed E-state index contributed by atoms with van der Waals surface area (Å²) in [6, 6.07) is 4.81. The minimum absolute atomic E-state index is 0.626. The number of anilines is 1. The smallest absolute Gasteiger partial charge is 0.0525 e. The van der Waals surface area contributed by atoms with Crippen molar-refractivity contribution in [3.05, 3.63) is 27.2 Å². The molecule has 100 valence electrons. The summed E-state index contributed by atoms with van der Waals surface area (Å²) in [5.41, 5.74) is 2.33. The second kappa shape index (κ2) is 5.81. The van der Waals surface area contributed by atoms with Crippen LogP contribution in [0.4, 0.5) is 5.69 Å². The van der Waals surface area contributed by atoms with Gasteiger partial charge in [0.25, 0.3) is 0 Å². The maximum atomic E-state index is 6.24. The molecule has 1 heterocycles. The zero-order valence-corrected chi connectivity index (χ0v) is 13.5. The number of hydrogen-bond acceptors (Lipinski definition) is 2. The molecule has 1 fully saturated rings. The maximum Gasteiger partial charge on any atom is 0.0525 e. The predicted molar refractivity (Wildman–Crippen MR) is 82.7 cm³/mol. The quantitative estimate of drug-likeness (QED) is 0.885. The molecule has 0 aromatic heterocycles. The molecular weight excluding hydrogens is 312 g/mol. The number of aryl methyl sites for hydroxylation is 1. The topological polar surface area (TPSA) is 15.3 Å². The van der Waals surface area contributed by atoms with Crippen molar-refractivity contribution < 1.29 is 0 Å². The van der Waals surface area contributed by atoms with Crippen molar-refractivity contribution in [2.24, 2.45) is 5.92 Å². The zero-order valence-electron chi connectivity index (χ0n) is 11.1. The summed E-state index contributed by atoms with van der Waals surface area (Å²) >= 11 is 9.89. The fraction of sp³-hybridized carbons (Fsp3) is 0.571. The van der Waals surface area contributed by atoms with Gasteiger partial charge in [-0.15, -0.1) is 0 Å². The third kappa shape index (κ3) is 2.84. The van der Waals surface area contributed by atoms with Gasteiger partial charge in [-0.05, 0) is 59.9 Å². The number of nitrogens with one attached hydrogen (secondary N) is 1. The Labute approximate surface area is 123 Å². The lowest BCUT2D eigenvalue weighted by Gasteiger charge is -2.38. The van der Waals surface area contributed by atoms with Gasteiger partial charge in [-0.1, -0.05) is 18.5 Å². The average molecular weight is 332 g/mol. The number of nitrogens with zero attached hydrogens (tertiary/aromatic N) is 1. The summed E-state index contributed by atoms with van der Waals surface area (Å²) in [6.45, 7) is 6.49. The van der Waals surface area contributed by atoms with E-state index in [1.54, 1.807) is 0 Å². The van der Waals surface area contributed by atoms with E-state index in [2.05, 4.69) is 52.3 Å². The molecule has 1 aromatic carbocycles. The Kier molecular flexibility index (Phi) is 4.57. The van der Waals surface area contributed by atoms with Gasteiger partial charge in [0.05, 0.1) is 5.69 Å². The van der Waals surface area contributed by atoms with Gasteiger partial charge in [0.2, 0.25) is 0 Å². The van der Waals surface area contributed by atoms with Crippen molar-refractivity contribution in [3.8, 4) is 0 Å². The van der Waals surface area contributed by atoms with Gasteiger partial charge < -0.3 is 10.2 Å². The number of rotatable bonds is 2. The highest BCUT2D eigenvalue weighted by Crippen LogP contribution is 2.34. The van der Waals surface area contributed by atoms with Gasteiger partial charge in [-0.25, -0.2) is 0 Å². The Hall–Kier alpha value is -0.250. The van der Waals surface area contributed by atoms with Crippen LogP contribution in [0.5, 0.6) is 0 Å². The molecule has 4 heteroatoms. The van der Waals surface area contributed by atoms with Crippen molar-refractivity contribution >= 4 is 33.2 Å². The van der Waals surface area contributed by atoms with Gasteiger partial charge >= 0.3 is 0 Å². The third-order valence-corrected chi connectivity index (χ3v) is 4.89. The summed E-state index contributed by atoms with van der Waals surface area (Å²) in [6.07, 6.45) is 1.18. The summed E-state index contributed by atoms with van der Waals surface area (Å²) in [5.74, 6) is 0.649. The van der Waals surface area contributed by atoms with Crippen LogP contribution in [0, 0.1) is 12.8 Å². The van der Waals surface area contributed by atoms with Crippen molar-refractivity contribution in [1.29, 1.82) is 0 Å². The molecule has 1 aliphatic rings. The van der Waals surface area contributed by atoms with Crippen LogP contribution in [-0.4, -0.2) is 26.2 Å². The first kappa shape index (κ1) is 14.2. The van der Waals surface area contributed by atoms with E-state index in [0.717, 1.165) is 28.1 Å². The molecule has 0 saturated carbocycles. The Morgan fingerprint density at radius 1 is 1.44 bits per heavy atom. The molecule has 0 spiro atoms. The van der Waals surface area contributed by atoms with Crippen molar-refractivity contribution in [3.63, 3.8) is 0 Å². The molecule has 0 aliphatic carbocycles. The Bertz CT molecular complexity index is 436. The molecule has 1 N–H and O–H groups in total. The standard InChI is InChI=1S/C14H20BrClN2/c1-9-6-11(15)14(7-12(9)16)18-5-4-13(17-3)10(2)8-18/h6-7,10,13,17H,4-5,8H2,1-3H3. The van der Waals surface area contributed by atoms with Crippen LogP contribution in [0.15, 0.2) is 16.6 Å². The highest BCUT2D eigenvalue weighted by Gasteiger charge is 2.26. The first-order valence-corrected chi connectivity index (χ1v) is 7.58. The summed E-state index contributed by atoms with van der Waals surface area (Å²) in [5, 5.41) is 4.24. The van der Waals surface area contributed by atoms with Crippen LogP contribution in [0.3, 0.4) is 0 Å². The van der Waals surface area contributed by atoms with Crippen LogP contribution >= 0.6 is 27.5 Å². The normalized spacial score (nSPS) is 24.4. The second-order valence-electron chi connectivity index (χ2n) is 5.16. The minimum atomic E-state index is 0.626. The van der Waals surface area contributed by atoms with Crippen LogP contribution in [0.25, 0.3) is 0 Å². The van der Waals surface area contributed by atoms with Crippen LogP contribution < -0.4 is 10.2 Å². The summed E-state index contributed by atoms with van der Waals surface area (Å²) in [4.78, 5) is 2.42. The molecule has 0 amide bonds. The number of piperidine rings is 1. The first-order valence-electron chi connectivity index (χ1n) is 6.40.